The van der Waals surface area contributed by atoms with Crippen LogP contribution < -0.4 is 0 Å². The van der Waals surface area contributed by atoms with Gasteiger partial charge in [-0.25, -0.2) is 0 Å². The molecule has 0 aromatic heterocycles. The van der Waals surface area contributed by atoms with Gasteiger partial charge in [-0.2, -0.15) is 13.2 Å². The minimum atomic E-state index is -4.29. The van der Waals surface area contributed by atoms with E-state index < -0.39 is 11.7 Å². The molecule has 18 heavy (non-hydrogen) atoms. The van der Waals surface area contributed by atoms with Gasteiger partial charge in [0, 0.05) is 23.0 Å². The standard InChI is InChI=1S/C13H13F3OS/c14-13(15,16)9-2-1-3-12(8-9)18-11-6-4-10(17)5-7-11/h1-3,8,11H,4-7H2. The highest BCUT2D eigenvalue weighted by atomic mass is 32.2. The molecule has 0 bridgehead atoms. The van der Waals surface area contributed by atoms with Crippen molar-refractivity contribution < 1.29 is 18.0 Å². The Kier molecular flexibility index (Phi) is 4.00. The van der Waals surface area contributed by atoms with Gasteiger partial charge < -0.3 is 0 Å². The van der Waals surface area contributed by atoms with Gasteiger partial charge in [0.05, 0.1) is 5.56 Å². The molecule has 0 N–H and O–H groups in total. The summed E-state index contributed by atoms with van der Waals surface area (Å²) in [4.78, 5) is 11.7. The van der Waals surface area contributed by atoms with E-state index in [1.165, 1.54) is 23.9 Å². The van der Waals surface area contributed by atoms with Crippen LogP contribution in [-0.4, -0.2) is 11.0 Å². The largest absolute Gasteiger partial charge is 0.416 e. The van der Waals surface area contributed by atoms with Crippen LogP contribution in [0.5, 0.6) is 0 Å². The summed E-state index contributed by atoms with van der Waals surface area (Å²) in [6.07, 6.45) is -1.66. The molecule has 0 radical (unpaired) electrons. The number of rotatable bonds is 2. The van der Waals surface area contributed by atoms with E-state index in [9.17, 15) is 18.0 Å². The Hall–Kier alpha value is -0.970. The van der Waals surface area contributed by atoms with Crippen molar-refractivity contribution in [2.24, 2.45) is 0 Å². The second-order valence-electron chi connectivity index (χ2n) is 4.38. The number of hydrogen-bond donors (Lipinski definition) is 0. The zero-order valence-electron chi connectivity index (χ0n) is 9.67. The zero-order valence-corrected chi connectivity index (χ0v) is 10.5. The Bertz CT molecular complexity index is 432. The molecule has 0 amide bonds. The highest BCUT2D eigenvalue weighted by Gasteiger charge is 2.30. The van der Waals surface area contributed by atoms with Crippen molar-refractivity contribution >= 4 is 17.5 Å². The quantitative estimate of drug-likeness (QED) is 0.799. The summed E-state index contributed by atoms with van der Waals surface area (Å²) >= 11 is 1.44. The third-order valence-electron chi connectivity index (χ3n) is 2.95. The van der Waals surface area contributed by atoms with Crippen molar-refractivity contribution in [3.63, 3.8) is 0 Å². The molecule has 0 saturated heterocycles. The summed E-state index contributed by atoms with van der Waals surface area (Å²) in [6.45, 7) is 0. The van der Waals surface area contributed by atoms with Crippen molar-refractivity contribution in [1.29, 1.82) is 0 Å². The molecule has 1 fully saturated rings. The van der Waals surface area contributed by atoms with E-state index in [1.54, 1.807) is 6.07 Å². The number of ketones is 1. The first kappa shape index (κ1) is 13.5. The van der Waals surface area contributed by atoms with E-state index in [-0.39, 0.29) is 11.0 Å². The Balaban J connectivity index is 2.03. The molecule has 0 spiro atoms. The first-order valence-electron chi connectivity index (χ1n) is 5.81. The lowest BCUT2D eigenvalue weighted by Crippen LogP contribution is -2.15. The van der Waals surface area contributed by atoms with E-state index in [1.807, 2.05) is 0 Å². The molecule has 1 nitrogen and oxygen atoms in total. The number of carbonyl (C=O) groups excluding carboxylic acids is 1. The van der Waals surface area contributed by atoms with Gasteiger partial charge in [-0.3, -0.25) is 4.79 Å². The van der Waals surface area contributed by atoms with Gasteiger partial charge in [0.15, 0.2) is 0 Å². The fourth-order valence-corrected chi connectivity index (χ4v) is 3.18. The van der Waals surface area contributed by atoms with Crippen LogP contribution in [0.4, 0.5) is 13.2 Å². The first-order valence-corrected chi connectivity index (χ1v) is 6.69. The van der Waals surface area contributed by atoms with E-state index in [0.29, 0.717) is 17.7 Å². The van der Waals surface area contributed by atoms with Gasteiger partial charge in [-0.15, -0.1) is 11.8 Å². The molecule has 1 aliphatic carbocycles. The summed E-state index contributed by atoms with van der Waals surface area (Å²) in [5.41, 5.74) is -0.612. The van der Waals surface area contributed by atoms with Crippen LogP contribution in [0.1, 0.15) is 31.2 Å². The van der Waals surface area contributed by atoms with Crippen LogP contribution in [-0.2, 0) is 11.0 Å². The maximum atomic E-state index is 12.5. The average Bonchev–Trinajstić information content (AvgIpc) is 2.31. The zero-order chi connectivity index (χ0) is 13.2. The van der Waals surface area contributed by atoms with Gasteiger partial charge in [0.2, 0.25) is 0 Å². The highest BCUT2D eigenvalue weighted by Crippen LogP contribution is 2.36. The molecule has 0 heterocycles. The summed E-state index contributed by atoms with van der Waals surface area (Å²) in [5, 5.41) is 0.256. The lowest BCUT2D eigenvalue weighted by Gasteiger charge is -2.20. The third-order valence-corrected chi connectivity index (χ3v) is 4.29. The maximum Gasteiger partial charge on any atom is 0.416 e. The van der Waals surface area contributed by atoms with Crippen LogP contribution in [0.2, 0.25) is 0 Å². The molecule has 0 atom stereocenters. The lowest BCUT2D eigenvalue weighted by atomic mass is 9.99. The van der Waals surface area contributed by atoms with Gasteiger partial charge in [0.1, 0.15) is 5.78 Å². The van der Waals surface area contributed by atoms with Crippen molar-refractivity contribution in [2.75, 3.05) is 0 Å². The fourth-order valence-electron chi connectivity index (χ4n) is 1.97. The molecule has 98 valence electrons. The second-order valence-corrected chi connectivity index (χ2v) is 5.76. The van der Waals surface area contributed by atoms with Crippen molar-refractivity contribution in [3.8, 4) is 0 Å². The van der Waals surface area contributed by atoms with Crippen molar-refractivity contribution in [3.05, 3.63) is 29.8 Å². The Labute approximate surface area is 108 Å². The number of thioether (sulfide) groups is 1. The van der Waals surface area contributed by atoms with E-state index in [0.717, 1.165) is 18.9 Å². The number of hydrogen-bond acceptors (Lipinski definition) is 2. The molecule has 1 saturated carbocycles. The monoisotopic (exact) mass is 274 g/mol. The van der Waals surface area contributed by atoms with Gasteiger partial charge >= 0.3 is 6.18 Å². The molecule has 5 heteroatoms. The summed E-state index contributed by atoms with van der Waals surface area (Å²) in [7, 11) is 0. The number of halogens is 3. The number of alkyl halides is 3. The number of Topliss-reactive ketones (excluding diaryl/α,β-unsaturated/α-hetero) is 1. The van der Waals surface area contributed by atoms with Gasteiger partial charge in [-0.05, 0) is 31.0 Å². The van der Waals surface area contributed by atoms with E-state index >= 15 is 0 Å². The van der Waals surface area contributed by atoms with Crippen LogP contribution in [0.15, 0.2) is 29.2 Å². The number of carbonyl (C=O) groups is 1. The Morgan fingerprint density at radius 2 is 1.83 bits per heavy atom. The molecule has 0 unspecified atom stereocenters. The van der Waals surface area contributed by atoms with Crippen LogP contribution >= 0.6 is 11.8 Å². The molecular weight excluding hydrogens is 261 g/mol. The van der Waals surface area contributed by atoms with Gasteiger partial charge in [0.25, 0.3) is 0 Å². The third kappa shape index (κ3) is 3.51. The molecule has 1 aromatic carbocycles. The molecule has 2 rings (SSSR count). The summed E-state index contributed by atoms with van der Waals surface area (Å²) in [5.74, 6) is 0.260. The molecule has 1 aliphatic rings. The summed E-state index contributed by atoms with van der Waals surface area (Å²) in [6, 6.07) is 5.38. The first-order chi connectivity index (χ1) is 8.45. The summed E-state index contributed by atoms with van der Waals surface area (Å²) < 4.78 is 37.6. The molecule has 0 aliphatic heterocycles. The van der Waals surface area contributed by atoms with Crippen LogP contribution in [0, 0.1) is 0 Å². The van der Waals surface area contributed by atoms with E-state index in [4.69, 9.17) is 0 Å². The normalized spacial score (nSPS) is 18.1. The predicted molar refractivity (Wildman–Crippen MR) is 64.6 cm³/mol. The molecular formula is C13H13F3OS. The lowest BCUT2D eigenvalue weighted by molar-refractivity contribution is -0.137. The highest BCUT2D eigenvalue weighted by molar-refractivity contribution is 8.00. The van der Waals surface area contributed by atoms with Gasteiger partial charge in [-0.1, -0.05) is 6.07 Å². The van der Waals surface area contributed by atoms with Crippen molar-refractivity contribution in [1.82, 2.24) is 0 Å². The van der Waals surface area contributed by atoms with Crippen LogP contribution in [0.25, 0.3) is 0 Å². The van der Waals surface area contributed by atoms with E-state index in [2.05, 4.69) is 0 Å². The average molecular weight is 274 g/mol. The topological polar surface area (TPSA) is 17.1 Å². The predicted octanol–water partition coefficient (Wildman–Crippen LogP) is 4.31. The Morgan fingerprint density at radius 3 is 2.44 bits per heavy atom. The fraction of sp³-hybridized carbons (Fsp3) is 0.462. The Morgan fingerprint density at radius 1 is 1.17 bits per heavy atom. The van der Waals surface area contributed by atoms with Crippen molar-refractivity contribution in [2.45, 2.75) is 42.0 Å². The minimum absolute atomic E-state index is 0.256. The van der Waals surface area contributed by atoms with Crippen LogP contribution in [0.3, 0.4) is 0 Å². The minimum Gasteiger partial charge on any atom is -0.300 e. The molecule has 1 aromatic rings. The SMILES string of the molecule is O=C1CCC(Sc2cccc(C(F)(F)F)c2)CC1. The number of benzene rings is 1. The second kappa shape index (κ2) is 5.34. The maximum absolute atomic E-state index is 12.5. The smallest absolute Gasteiger partial charge is 0.300 e.